The van der Waals surface area contributed by atoms with Crippen LogP contribution in [0.4, 0.5) is 0 Å². The number of carbonyl (C=O) groups excluding carboxylic acids is 1. The highest BCUT2D eigenvalue weighted by Gasteiger charge is 2.30. The summed E-state index contributed by atoms with van der Waals surface area (Å²) in [6, 6.07) is 10.3. The summed E-state index contributed by atoms with van der Waals surface area (Å²) in [7, 11) is 2.07. The molecule has 1 fully saturated rings. The van der Waals surface area contributed by atoms with Gasteiger partial charge >= 0.3 is 5.97 Å². The minimum absolute atomic E-state index is 0.0198. The highest BCUT2D eigenvalue weighted by Crippen LogP contribution is 2.29. The Balaban J connectivity index is 2.15. The Morgan fingerprint density at radius 2 is 2.06 bits per heavy atom. The first-order valence-corrected chi connectivity index (χ1v) is 6.07. The molecule has 0 bridgehead atoms. The molecule has 0 unspecified atom stereocenters. The zero-order chi connectivity index (χ0) is 12.3. The van der Waals surface area contributed by atoms with Crippen LogP contribution in [-0.4, -0.2) is 37.1 Å². The number of piperidine rings is 1. The van der Waals surface area contributed by atoms with Gasteiger partial charge in [0.15, 0.2) is 0 Å². The molecular formula is C14H19NO2. The molecule has 1 aromatic carbocycles. The van der Waals surface area contributed by atoms with Gasteiger partial charge in [-0.15, -0.1) is 0 Å². The van der Waals surface area contributed by atoms with Crippen LogP contribution >= 0.6 is 0 Å². The van der Waals surface area contributed by atoms with E-state index >= 15 is 0 Å². The Bertz CT molecular complexity index is 377. The van der Waals surface area contributed by atoms with E-state index in [1.165, 1.54) is 12.5 Å². The SMILES string of the molecule is CC(=O)O[C@H]1CN(C)CC[C@H]1c1ccccc1. The molecule has 2 rings (SSSR count). The lowest BCUT2D eigenvalue weighted by atomic mass is 9.87. The first-order valence-electron chi connectivity index (χ1n) is 6.07. The Morgan fingerprint density at radius 3 is 2.71 bits per heavy atom. The van der Waals surface area contributed by atoms with E-state index < -0.39 is 0 Å². The summed E-state index contributed by atoms with van der Waals surface area (Å²) in [5.74, 6) is 0.141. The van der Waals surface area contributed by atoms with Gasteiger partial charge in [0, 0.05) is 19.4 Å². The standard InChI is InChI=1S/C14H19NO2/c1-11(16)17-14-10-15(2)9-8-13(14)12-6-4-3-5-7-12/h3-7,13-14H,8-10H2,1-2H3/t13-,14-/m0/s1. The molecule has 1 heterocycles. The van der Waals surface area contributed by atoms with Gasteiger partial charge in [-0.1, -0.05) is 30.3 Å². The number of carbonyl (C=O) groups is 1. The van der Waals surface area contributed by atoms with Crippen LogP contribution in [0.3, 0.4) is 0 Å². The van der Waals surface area contributed by atoms with Crippen molar-refractivity contribution >= 4 is 5.97 Å². The molecule has 0 saturated carbocycles. The number of esters is 1. The van der Waals surface area contributed by atoms with Crippen molar-refractivity contribution in [3.8, 4) is 0 Å². The summed E-state index contributed by atoms with van der Waals surface area (Å²) in [6.45, 7) is 3.35. The Hall–Kier alpha value is -1.35. The lowest BCUT2D eigenvalue weighted by Gasteiger charge is -2.36. The monoisotopic (exact) mass is 233 g/mol. The van der Waals surface area contributed by atoms with Gasteiger partial charge in [0.25, 0.3) is 0 Å². The molecule has 0 N–H and O–H groups in total. The zero-order valence-corrected chi connectivity index (χ0v) is 10.4. The van der Waals surface area contributed by atoms with E-state index in [4.69, 9.17) is 4.74 Å². The fraction of sp³-hybridized carbons (Fsp3) is 0.500. The number of rotatable bonds is 2. The van der Waals surface area contributed by atoms with Crippen molar-refractivity contribution < 1.29 is 9.53 Å². The summed E-state index contributed by atoms with van der Waals surface area (Å²) in [5.41, 5.74) is 1.27. The van der Waals surface area contributed by atoms with Crippen LogP contribution in [0.2, 0.25) is 0 Å². The minimum atomic E-state index is -0.189. The molecule has 3 heteroatoms. The molecule has 0 aliphatic carbocycles. The molecule has 0 amide bonds. The average molecular weight is 233 g/mol. The molecule has 1 aliphatic rings. The van der Waals surface area contributed by atoms with E-state index in [1.807, 2.05) is 18.2 Å². The van der Waals surface area contributed by atoms with Crippen molar-refractivity contribution in [1.82, 2.24) is 4.90 Å². The second kappa shape index (κ2) is 5.32. The van der Waals surface area contributed by atoms with Gasteiger partial charge in [-0.2, -0.15) is 0 Å². The van der Waals surface area contributed by atoms with Crippen molar-refractivity contribution in [1.29, 1.82) is 0 Å². The second-order valence-electron chi connectivity index (χ2n) is 4.72. The predicted octanol–water partition coefficient (Wildman–Crippen LogP) is 2.04. The van der Waals surface area contributed by atoms with E-state index in [0.717, 1.165) is 19.5 Å². The van der Waals surface area contributed by atoms with Crippen molar-refractivity contribution in [2.75, 3.05) is 20.1 Å². The molecule has 1 saturated heterocycles. The van der Waals surface area contributed by atoms with Gasteiger partial charge in [0.2, 0.25) is 0 Å². The summed E-state index contributed by atoms with van der Waals surface area (Å²) in [4.78, 5) is 13.4. The number of benzene rings is 1. The van der Waals surface area contributed by atoms with Crippen LogP contribution in [0.1, 0.15) is 24.8 Å². The van der Waals surface area contributed by atoms with Gasteiger partial charge in [-0.25, -0.2) is 0 Å². The number of nitrogens with zero attached hydrogens (tertiary/aromatic N) is 1. The smallest absolute Gasteiger partial charge is 0.302 e. The third kappa shape index (κ3) is 3.07. The number of ether oxygens (including phenoxy) is 1. The maximum Gasteiger partial charge on any atom is 0.302 e. The summed E-state index contributed by atoms with van der Waals surface area (Å²) in [5, 5.41) is 0. The summed E-state index contributed by atoms with van der Waals surface area (Å²) in [6.07, 6.45) is 1.02. The third-order valence-electron chi connectivity index (χ3n) is 3.31. The van der Waals surface area contributed by atoms with Crippen LogP contribution in [0.25, 0.3) is 0 Å². The Kier molecular flexibility index (Phi) is 3.79. The van der Waals surface area contributed by atoms with Crippen LogP contribution in [0.15, 0.2) is 30.3 Å². The quantitative estimate of drug-likeness (QED) is 0.732. The van der Waals surface area contributed by atoms with Crippen LogP contribution < -0.4 is 0 Å². The maximum atomic E-state index is 11.2. The molecular weight excluding hydrogens is 214 g/mol. The molecule has 3 nitrogen and oxygen atoms in total. The van der Waals surface area contributed by atoms with Crippen LogP contribution in [0.5, 0.6) is 0 Å². The van der Waals surface area contributed by atoms with Crippen molar-refractivity contribution in [3.63, 3.8) is 0 Å². The fourth-order valence-electron chi connectivity index (χ4n) is 2.49. The molecule has 17 heavy (non-hydrogen) atoms. The lowest BCUT2D eigenvalue weighted by molar-refractivity contribution is -0.149. The largest absolute Gasteiger partial charge is 0.461 e. The molecule has 1 aliphatic heterocycles. The van der Waals surface area contributed by atoms with E-state index in [0.29, 0.717) is 5.92 Å². The number of hydrogen-bond donors (Lipinski definition) is 0. The van der Waals surface area contributed by atoms with E-state index in [9.17, 15) is 4.79 Å². The molecule has 0 aromatic heterocycles. The molecule has 0 radical (unpaired) electrons. The molecule has 2 atom stereocenters. The van der Waals surface area contributed by atoms with Crippen molar-refractivity contribution in [3.05, 3.63) is 35.9 Å². The highest BCUT2D eigenvalue weighted by molar-refractivity contribution is 5.66. The zero-order valence-electron chi connectivity index (χ0n) is 10.4. The Morgan fingerprint density at radius 1 is 1.35 bits per heavy atom. The maximum absolute atomic E-state index is 11.2. The topological polar surface area (TPSA) is 29.5 Å². The second-order valence-corrected chi connectivity index (χ2v) is 4.72. The number of likely N-dealkylation sites (N-methyl/N-ethyl adjacent to an activating group) is 1. The minimum Gasteiger partial charge on any atom is -0.461 e. The Labute approximate surface area is 102 Å². The van der Waals surface area contributed by atoms with Gasteiger partial charge in [0.05, 0.1) is 0 Å². The van der Waals surface area contributed by atoms with E-state index in [2.05, 4.69) is 24.1 Å². The molecule has 1 aromatic rings. The average Bonchev–Trinajstić information content (AvgIpc) is 2.29. The predicted molar refractivity (Wildman–Crippen MR) is 66.9 cm³/mol. The van der Waals surface area contributed by atoms with E-state index in [1.54, 1.807) is 0 Å². The summed E-state index contributed by atoms with van der Waals surface area (Å²) >= 11 is 0. The van der Waals surface area contributed by atoms with Gasteiger partial charge in [-0.05, 0) is 25.6 Å². The van der Waals surface area contributed by atoms with Gasteiger partial charge in [-0.3, -0.25) is 4.79 Å². The third-order valence-corrected chi connectivity index (χ3v) is 3.31. The van der Waals surface area contributed by atoms with Crippen LogP contribution in [0, 0.1) is 0 Å². The van der Waals surface area contributed by atoms with Crippen molar-refractivity contribution in [2.45, 2.75) is 25.4 Å². The van der Waals surface area contributed by atoms with Crippen LogP contribution in [-0.2, 0) is 9.53 Å². The molecule has 92 valence electrons. The normalized spacial score (nSPS) is 25.5. The summed E-state index contributed by atoms with van der Waals surface area (Å²) < 4.78 is 5.45. The van der Waals surface area contributed by atoms with Gasteiger partial charge < -0.3 is 9.64 Å². The number of likely N-dealkylation sites (tertiary alicyclic amines) is 1. The first kappa shape index (κ1) is 12.1. The highest BCUT2D eigenvalue weighted by atomic mass is 16.5. The number of hydrogen-bond acceptors (Lipinski definition) is 3. The van der Waals surface area contributed by atoms with Gasteiger partial charge in [0.1, 0.15) is 6.10 Å². The molecule has 0 spiro atoms. The van der Waals surface area contributed by atoms with Crippen molar-refractivity contribution in [2.24, 2.45) is 0 Å². The fourth-order valence-corrected chi connectivity index (χ4v) is 2.49. The lowest BCUT2D eigenvalue weighted by Crippen LogP contribution is -2.42. The van der Waals surface area contributed by atoms with E-state index in [-0.39, 0.29) is 12.1 Å². The first-order chi connectivity index (χ1) is 8.16.